The van der Waals surface area contributed by atoms with Gasteiger partial charge in [0.25, 0.3) is 5.92 Å². The average Bonchev–Trinajstić information content (AvgIpc) is 3.71. The molecule has 248 valence electrons. The van der Waals surface area contributed by atoms with Crippen molar-refractivity contribution >= 4 is 23.8 Å². The van der Waals surface area contributed by atoms with E-state index in [1.807, 2.05) is 25.7 Å². The van der Waals surface area contributed by atoms with Crippen LogP contribution in [-0.2, 0) is 38.1 Å². The summed E-state index contributed by atoms with van der Waals surface area (Å²) in [6.45, 7) is 5.44. The first-order valence-corrected chi connectivity index (χ1v) is 17.1. The zero-order chi connectivity index (χ0) is 31.8. The highest BCUT2D eigenvalue weighted by Gasteiger charge is 2.73. The summed E-state index contributed by atoms with van der Waals surface area (Å²) in [5, 5.41) is 0. The lowest BCUT2D eigenvalue weighted by Crippen LogP contribution is -2.55. The summed E-state index contributed by atoms with van der Waals surface area (Å²) >= 11 is 0. The van der Waals surface area contributed by atoms with E-state index in [1.54, 1.807) is 0 Å². The third kappa shape index (κ3) is 4.66. The quantitative estimate of drug-likeness (QED) is 0.302. The molecule has 9 rings (SSSR count). The molecule has 0 spiro atoms. The summed E-state index contributed by atoms with van der Waals surface area (Å²) in [5.74, 6) is -7.11. The Morgan fingerprint density at radius 3 is 1.98 bits per heavy atom. The first-order chi connectivity index (χ1) is 21.1. The zero-order valence-corrected chi connectivity index (χ0v) is 26.5. The van der Waals surface area contributed by atoms with E-state index in [0.29, 0.717) is 43.9 Å². The van der Waals surface area contributed by atoms with Gasteiger partial charge in [0.1, 0.15) is 11.7 Å². The van der Waals surface area contributed by atoms with E-state index in [9.17, 15) is 28.0 Å². The summed E-state index contributed by atoms with van der Waals surface area (Å²) in [6, 6.07) is -0.385. The van der Waals surface area contributed by atoms with Gasteiger partial charge >= 0.3 is 17.9 Å². The fourth-order valence-electron chi connectivity index (χ4n) is 11.8. The minimum absolute atomic E-state index is 0.0868. The van der Waals surface area contributed by atoms with Crippen LogP contribution in [0.1, 0.15) is 85.5 Å². The van der Waals surface area contributed by atoms with Gasteiger partial charge in [0.05, 0.1) is 41.9 Å². The molecule has 3 saturated heterocycles. The molecule has 45 heavy (non-hydrogen) atoms. The number of amides is 1. The van der Waals surface area contributed by atoms with Crippen molar-refractivity contribution in [3.63, 3.8) is 0 Å². The highest BCUT2D eigenvalue weighted by atomic mass is 19.3. The molecule has 10 unspecified atom stereocenters. The Hall–Kier alpha value is -2.30. The molecule has 9 fully saturated rings. The van der Waals surface area contributed by atoms with E-state index in [0.717, 1.165) is 19.3 Å². The van der Waals surface area contributed by atoms with Gasteiger partial charge < -0.3 is 23.8 Å². The Kier molecular flexibility index (Phi) is 6.59. The van der Waals surface area contributed by atoms with Crippen LogP contribution >= 0.6 is 0 Å². The molecule has 0 aromatic carbocycles. The van der Waals surface area contributed by atoms with Crippen molar-refractivity contribution in [3.05, 3.63) is 0 Å². The molecule has 8 bridgehead atoms. The van der Waals surface area contributed by atoms with Crippen molar-refractivity contribution in [2.45, 2.75) is 127 Å². The van der Waals surface area contributed by atoms with Crippen molar-refractivity contribution < 1.29 is 46.9 Å². The molecule has 0 aromatic heterocycles. The van der Waals surface area contributed by atoms with Crippen LogP contribution in [0.3, 0.4) is 0 Å². The van der Waals surface area contributed by atoms with Crippen molar-refractivity contribution in [1.82, 2.24) is 4.90 Å². The van der Waals surface area contributed by atoms with E-state index in [2.05, 4.69) is 0 Å². The number of nitrogens with zero attached hydrogens (tertiary/aromatic N) is 1. The van der Waals surface area contributed by atoms with Gasteiger partial charge in [-0.25, -0.2) is 8.78 Å². The number of hydrogen-bond acceptors (Lipinski definition) is 8. The van der Waals surface area contributed by atoms with E-state index in [-0.39, 0.29) is 29.8 Å². The van der Waals surface area contributed by atoms with E-state index in [4.69, 9.17) is 18.9 Å². The number of carbonyl (C=O) groups excluding carboxylic acids is 4. The number of fused-ring (bicyclic) bond motifs is 3. The van der Waals surface area contributed by atoms with E-state index >= 15 is 0 Å². The molecule has 0 N–H and O–H groups in total. The van der Waals surface area contributed by atoms with Gasteiger partial charge in [0.2, 0.25) is 5.91 Å². The molecule has 0 aromatic rings. The maximum Gasteiger partial charge on any atom is 0.312 e. The number of ether oxygens (including phenoxy) is 4. The van der Waals surface area contributed by atoms with Crippen molar-refractivity contribution in [2.75, 3.05) is 6.61 Å². The van der Waals surface area contributed by atoms with Crippen LogP contribution in [0.4, 0.5) is 8.78 Å². The van der Waals surface area contributed by atoms with E-state index in [1.165, 1.54) is 19.3 Å². The molecule has 3 heterocycles. The molecule has 9 nitrogen and oxygen atoms in total. The van der Waals surface area contributed by atoms with Crippen LogP contribution in [0.2, 0.25) is 0 Å². The van der Waals surface area contributed by atoms with Gasteiger partial charge in [-0.1, -0.05) is 0 Å². The lowest BCUT2D eigenvalue weighted by Gasteiger charge is -2.56. The molecular formula is C34H45F2NO8. The number of alkyl halides is 2. The van der Waals surface area contributed by atoms with Crippen LogP contribution < -0.4 is 0 Å². The number of likely N-dealkylation sites (tertiary alicyclic amines) is 1. The molecule has 6 aliphatic carbocycles. The summed E-state index contributed by atoms with van der Waals surface area (Å²) < 4.78 is 50.7. The molecule has 9 aliphatic rings. The Balaban J connectivity index is 1.05. The fourth-order valence-corrected chi connectivity index (χ4v) is 11.8. The standard InChI is InChI=1S/C34H45F2NO8/c1-32(2,3)37-26-18-10-19(23(22(18)28(37)38)31(41)45-34-11-15-7-16(12-34)9-17(8-15)13-34)27(26)44-30(40)25-21-6-5-20(43-21)24(25)29(39)42-14-33(4,35)36/h15-27H,5-14H2,1-4H3. The highest BCUT2D eigenvalue weighted by molar-refractivity contribution is 5.91. The SMILES string of the molecule is CC(F)(F)COC(=O)C1C2CCC(O2)C1C(=O)OC1C2CC3C(C(=O)N(C(C)(C)C)C31)C2C(=O)OC12CC3CC(CC(C3)C1)C2. The van der Waals surface area contributed by atoms with E-state index < -0.39 is 77.6 Å². The van der Waals surface area contributed by atoms with Gasteiger partial charge in [-0.05, 0) is 102 Å². The third-order valence-electron chi connectivity index (χ3n) is 12.7. The molecule has 3 aliphatic heterocycles. The van der Waals surface area contributed by atoms with Crippen LogP contribution in [0.15, 0.2) is 0 Å². The summed E-state index contributed by atoms with van der Waals surface area (Å²) in [7, 11) is 0. The highest BCUT2D eigenvalue weighted by Crippen LogP contribution is 2.63. The number of halogens is 2. The lowest BCUT2D eigenvalue weighted by molar-refractivity contribution is -0.197. The third-order valence-corrected chi connectivity index (χ3v) is 12.7. The lowest BCUT2D eigenvalue weighted by atomic mass is 9.54. The minimum Gasteiger partial charge on any atom is -0.460 e. The fraction of sp³-hybridized carbons (Fsp3) is 0.882. The monoisotopic (exact) mass is 633 g/mol. The maximum absolute atomic E-state index is 14.2. The van der Waals surface area contributed by atoms with Crippen molar-refractivity contribution in [2.24, 2.45) is 53.3 Å². The topological polar surface area (TPSA) is 108 Å². The zero-order valence-electron chi connectivity index (χ0n) is 26.5. The van der Waals surface area contributed by atoms with Gasteiger partial charge in [-0.2, -0.15) is 0 Å². The number of rotatable bonds is 7. The van der Waals surface area contributed by atoms with Gasteiger partial charge in [0, 0.05) is 18.4 Å². The predicted octanol–water partition coefficient (Wildman–Crippen LogP) is 4.29. The van der Waals surface area contributed by atoms with Gasteiger partial charge in [-0.3, -0.25) is 19.2 Å². The number of hydrogen-bond donors (Lipinski definition) is 0. The summed E-state index contributed by atoms with van der Waals surface area (Å²) in [5.41, 5.74) is -1.02. The smallest absolute Gasteiger partial charge is 0.312 e. The van der Waals surface area contributed by atoms with Gasteiger partial charge in [-0.15, -0.1) is 0 Å². The Bertz CT molecular complexity index is 1270. The number of carbonyl (C=O) groups is 4. The molecular weight excluding hydrogens is 588 g/mol. The predicted molar refractivity (Wildman–Crippen MR) is 152 cm³/mol. The Morgan fingerprint density at radius 1 is 0.844 bits per heavy atom. The summed E-state index contributed by atoms with van der Waals surface area (Å²) in [6.07, 6.45) is 6.07. The second-order valence-electron chi connectivity index (χ2n) is 16.9. The molecule has 10 atom stereocenters. The maximum atomic E-state index is 14.2. The number of esters is 3. The summed E-state index contributed by atoms with van der Waals surface area (Å²) in [4.78, 5) is 57.1. The van der Waals surface area contributed by atoms with Crippen LogP contribution in [0, 0.1) is 53.3 Å². The Morgan fingerprint density at radius 2 is 1.42 bits per heavy atom. The molecule has 6 saturated carbocycles. The average molecular weight is 634 g/mol. The van der Waals surface area contributed by atoms with Crippen molar-refractivity contribution in [3.8, 4) is 0 Å². The first kappa shape index (κ1) is 30.1. The van der Waals surface area contributed by atoms with Crippen LogP contribution in [0.25, 0.3) is 0 Å². The second kappa shape index (κ2) is 9.86. The minimum atomic E-state index is -3.20. The molecule has 0 radical (unpaired) electrons. The first-order valence-electron chi connectivity index (χ1n) is 17.1. The Labute approximate surface area is 262 Å². The normalized spacial score (nSPS) is 47.1. The van der Waals surface area contributed by atoms with Gasteiger partial charge in [0.15, 0.2) is 6.61 Å². The van der Waals surface area contributed by atoms with Crippen LogP contribution in [-0.4, -0.2) is 76.7 Å². The van der Waals surface area contributed by atoms with Crippen molar-refractivity contribution in [1.29, 1.82) is 0 Å². The molecule has 1 amide bonds. The van der Waals surface area contributed by atoms with Crippen LogP contribution in [0.5, 0.6) is 0 Å². The second-order valence-corrected chi connectivity index (χ2v) is 16.9. The molecule has 11 heteroatoms. The largest absolute Gasteiger partial charge is 0.460 e.